The van der Waals surface area contributed by atoms with Crippen molar-refractivity contribution in [3.8, 4) is 22.8 Å². The number of alkyl halides is 3. The van der Waals surface area contributed by atoms with Gasteiger partial charge in [0.25, 0.3) is 0 Å². The molecule has 3 amide bonds. The Morgan fingerprint density at radius 1 is 1.09 bits per heavy atom. The highest BCUT2D eigenvalue weighted by Gasteiger charge is 2.33. The molecule has 10 nitrogen and oxygen atoms in total. The van der Waals surface area contributed by atoms with E-state index in [9.17, 15) is 22.8 Å². The number of rotatable bonds is 7. The maximum absolute atomic E-state index is 12.8. The van der Waals surface area contributed by atoms with E-state index in [1.807, 2.05) is 26.0 Å². The van der Waals surface area contributed by atoms with E-state index in [1.165, 1.54) is 34.3 Å². The lowest BCUT2D eigenvalue weighted by Gasteiger charge is -2.22. The van der Waals surface area contributed by atoms with Crippen LogP contribution in [-0.4, -0.2) is 50.9 Å². The Morgan fingerprint density at radius 3 is 2.48 bits per heavy atom. The molecule has 44 heavy (non-hydrogen) atoms. The van der Waals surface area contributed by atoms with Gasteiger partial charge in [0.2, 0.25) is 5.91 Å². The number of carbonyl (C=O) groups excluding carboxylic acids is 2. The number of methoxy groups -OCH3 is 1. The third-order valence-electron chi connectivity index (χ3n) is 6.56. The minimum Gasteiger partial charge on any atom is -0.497 e. The van der Waals surface area contributed by atoms with E-state index in [0.717, 1.165) is 29.5 Å². The van der Waals surface area contributed by atoms with E-state index in [4.69, 9.17) is 4.74 Å². The number of amidine groups is 1. The number of urea groups is 1. The second-order valence-electron chi connectivity index (χ2n) is 9.85. The molecule has 3 aromatic carbocycles. The van der Waals surface area contributed by atoms with Crippen LogP contribution in [0.15, 0.2) is 83.2 Å². The first kappa shape index (κ1) is 30.5. The van der Waals surface area contributed by atoms with Gasteiger partial charge in [-0.15, -0.1) is 5.10 Å². The largest absolute Gasteiger partial charge is 0.497 e. The Bertz CT molecular complexity index is 1730. The van der Waals surface area contributed by atoms with Gasteiger partial charge in [0.15, 0.2) is 11.0 Å². The van der Waals surface area contributed by atoms with Crippen molar-refractivity contribution in [2.75, 3.05) is 17.8 Å². The van der Waals surface area contributed by atoms with Gasteiger partial charge in [-0.05, 0) is 47.4 Å². The lowest BCUT2D eigenvalue weighted by molar-refractivity contribution is -0.137. The molecule has 4 aromatic rings. The summed E-state index contributed by atoms with van der Waals surface area (Å²) in [6, 6.07) is 16.3. The molecule has 1 fully saturated rings. The third kappa shape index (κ3) is 6.80. The van der Waals surface area contributed by atoms with Crippen molar-refractivity contribution in [1.82, 2.24) is 20.2 Å². The zero-order valence-corrected chi connectivity index (χ0v) is 24.6. The molecular formula is C30H26F3N7O3S. The number of amides is 3. The van der Waals surface area contributed by atoms with Gasteiger partial charge < -0.3 is 4.74 Å². The fourth-order valence-electron chi connectivity index (χ4n) is 4.33. The number of hydrogen-bond acceptors (Lipinski definition) is 7. The van der Waals surface area contributed by atoms with Crippen LogP contribution in [0.25, 0.3) is 17.1 Å². The predicted molar refractivity (Wildman–Crippen MR) is 162 cm³/mol. The van der Waals surface area contributed by atoms with E-state index < -0.39 is 17.8 Å². The Balaban J connectivity index is 1.23. The topological polar surface area (TPSA) is 114 Å². The van der Waals surface area contributed by atoms with E-state index in [0.29, 0.717) is 34.1 Å². The molecule has 2 heterocycles. The summed E-state index contributed by atoms with van der Waals surface area (Å²) >= 11 is 1.16. The zero-order chi connectivity index (χ0) is 31.4. The first-order valence-electron chi connectivity index (χ1n) is 13.3. The molecule has 0 radical (unpaired) electrons. The fourth-order valence-corrected chi connectivity index (χ4v) is 5.19. The smallest absolute Gasteiger partial charge is 0.416 e. The molecule has 0 bridgehead atoms. The number of nitrogens with zero attached hydrogens (tertiary/aromatic N) is 6. The van der Waals surface area contributed by atoms with Gasteiger partial charge in [0.1, 0.15) is 12.1 Å². The number of aliphatic imine (C=N–C) groups is 1. The highest BCUT2D eigenvalue weighted by molar-refractivity contribution is 8.15. The normalized spacial score (nSPS) is 14.7. The van der Waals surface area contributed by atoms with Crippen LogP contribution < -0.4 is 15.1 Å². The van der Waals surface area contributed by atoms with Crippen LogP contribution in [0.3, 0.4) is 0 Å². The monoisotopic (exact) mass is 621 g/mol. The van der Waals surface area contributed by atoms with Crippen LogP contribution in [0.5, 0.6) is 5.75 Å². The molecule has 1 aliphatic rings. The number of hydrazone groups is 1. The summed E-state index contributed by atoms with van der Waals surface area (Å²) < 4.78 is 45.2. The number of carbonyl (C=O) groups is 2. The SMILES string of the molecule is COc1ccc(C(C)C)c(N2C(=O)CS/C2=N\C(=O)N/N=C/c2ccc(-c3ncn(-c4ccc(C(F)(F)F)cc4)n3)cc2)c1. The summed E-state index contributed by atoms with van der Waals surface area (Å²) in [7, 11) is 1.54. The number of anilines is 1. The molecule has 226 valence electrons. The number of halogens is 3. The number of nitrogens with one attached hydrogen (secondary N) is 1. The number of thioether (sulfide) groups is 1. The van der Waals surface area contributed by atoms with Crippen molar-refractivity contribution in [3.63, 3.8) is 0 Å². The Morgan fingerprint density at radius 2 is 1.82 bits per heavy atom. The van der Waals surface area contributed by atoms with Gasteiger partial charge in [-0.25, -0.2) is 19.9 Å². The van der Waals surface area contributed by atoms with E-state index in [-0.39, 0.29) is 22.7 Å². The van der Waals surface area contributed by atoms with Crippen LogP contribution in [-0.2, 0) is 11.0 Å². The Hall–Kier alpha value is -4.98. The van der Waals surface area contributed by atoms with Crippen molar-refractivity contribution >= 4 is 40.8 Å². The molecule has 0 aliphatic carbocycles. The summed E-state index contributed by atoms with van der Waals surface area (Å²) in [6.07, 6.45) is -1.57. The Kier molecular flexibility index (Phi) is 8.81. The highest BCUT2D eigenvalue weighted by Crippen LogP contribution is 2.36. The van der Waals surface area contributed by atoms with Gasteiger partial charge in [0, 0.05) is 11.6 Å². The second kappa shape index (κ2) is 12.7. The van der Waals surface area contributed by atoms with Crippen molar-refractivity contribution in [2.45, 2.75) is 25.9 Å². The summed E-state index contributed by atoms with van der Waals surface area (Å²) in [5.41, 5.74) is 4.91. The quantitative estimate of drug-likeness (QED) is 0.192. The van der Waals surface area contributed by atoms with Crippen molar-refractivity contribution in [3.05, 3.63) is 89.7 Å². The summed E-state index contributed by atoms with van der Waals surface area (Å²) in [5.74, 6) is 1.03. The number of hydrogen-bond donors (Lipinski definition) is 1. The maximum atomic E-state index is 12.8. The van der Waals surface area contributed by atoms with Crippen LogP contribution in [0, 0.1) is 0 Å². The minimum atomic E-state index is -4.42. The lowest BCUT2D eigenvalue weighted by atomic mass is 10.00. The van der Waals surface area contributed by atoms with E-state index in [2.05, 4.69) is 25.6 Å². The summed E-state index contributed by atoms with van der Waals surface area (Å²) in [4.78, 5) is 35.1. The molecule has 1 aliphatic heterocycles. The van der Waals surface area contributed by atoms with Gasteiger partial charge >= 0.3 is 12.2 Å². The maximum Gasteiger partial charge on any atom is 0.416 e. The summed E-state index contributed by atoms with van der Waals surface area (Å²) in [5, 5.41) is 8.55. The van der Waals surface area contributed by atoms with E-state index in [1.54, 1.807) is 37.4 Å². The average Bonchev–Trinajstić information content (AvgIpc) is 3.64. The molecule has 0 spiro atoms. The molecular weight excluding hydrogens is 595 g/mol. The van der Waals surface area contributed by atoms with Gasteiger partial charge in [-0.2, -0.15) is 23.3 Å². The average molecular weight is 622 g/mol. The van der Waals surface area contributed by atoms with Gasteiger partial charge in [-0.1, -0.05) is 55.9 Å². The first-order valence-corrected chi connectivity index (χ1v) is 14.3. The second-order valence-corrected chi connectivity index (χ2v) is 10.8. The summed E-state index contributed by atoms with van der Waals surface area (Å²) in [6.45, 7) is 4.02. The van der Waals surface area contributed by atoms with Crippen LogP contribution in [0.2, 0.25) is 0 Å². The van der Waals surface area contributed by atoms with Crippen molar-refractivity contribution in [2.24, 2.45) is 10.1 Å². The van der Waals surface area contributed by atoms with E-state index >= 15 is 0 Å². The molecule has 5 rings (SSSR count). The van der Waals surface area contributed by atoms with Crippen molar-refractivity contribution < 1.29 is 27.5 Å². The highest BCUT2D eigenvalue weighted by atomic mass is 32.2. The molecule has 1 aromatic heterocycles. The lowest BCUT2D eigenvalue weighted by Crippen LogP contribution is -2.31. The van der Waals surface area contributed by atoms with Crippen molar-refractivity contribution in [1.29, 1.82) is 0 Å². The molecule has 1 saturated heterocycles. The molecule has 0 saturated carbocycles. The molecule has 14 heteroatoms. The number of aromatic nitrogens is 3. The third-order valence-corrected chi connectivity index (χ3v) is 7.48. The van der Waals surface area contributed by atoms with Crippen LogP contribution in [0.1, 0.15) is 36.5 Å². The van der Waals surface area contributed by atoms with Crippen LogP contribution in [0.4, 0.5) is 23.7 Å². The Labute approximate surface area is 254 Å². The molecule has 0 unspecified atom stereocenters. The molecule has 0 atom stereocenters. The van der Waals surface area contributed by atoms with Gasteiger partial charge in [0.05, 0.1) is 36.0 Å². The molecule has 1 N–H and O–H groups in total. The first-order chi connectivity index (χ1) is 21.0. The number of benzene rings is 3. The predicted octanol–water partition coefficient (Wildman–Crippen LogP) is 6.26. The van der Waals surface area contributed by atoms with Crippen LogP contribution >= 0.6 is 11.8 Å². The minimum absolute atomic E-state index is 0.117. The van der Waals surface area contributed by atoms with Gasteiger partial charge in [-0.3, -0.25) is 9.69 Å². The zero-order valence-electron chi connectivity index (χ0n) is 23.7. The fraction of sp³-hybridized carbons (Fsp3) is 0.200. The number of ether oxygens (including phenoxy) is 1. The standard InChI is InChI=1S/C30H26F3N7O3S/c1-18(2)24-13-12-23(43-3)14-25(24)40-26(41)16-44-29(40)36-28(42)37-35-15-19-4-6-20(7-5-19)27-34-17-39(38-27)22-10-8-21(9-11-22)30(31,32)33/h4-15,17-18H,16H2,1-3H3,(H,37,42)/b35-15+,36-29-.